The van der Waals surface area contributed by atoms with Crippen LogP contribution in [0.15, 0.2) is 0 Å². The lowest BCUT2D eigenvalue weighted by Crippen LogP contribution is -2.46. The van der Waals surface area contributed by atoms with Gasteiger partial charge in [0.2, 0.25) is 0 Å². The summed E-state index contributed by atoms with van der Waals surface area (Å²) in [5, 5.41) is 30.2. The molecule has 0 aliphatic carbocycles. The van der Waals surface area contributed by atoms with Gasteiger partial charge in [-0.15, -0.1) is 0 Å². The predicted octanol–water partition coefficient (Wildman–Crippen LogP) is 0.329. The molecule has 0 aromatic rings. The Balaban J connectivity index is 0. The summed E-state index contributed by atoms with van der Waals surface area (Å²) in [4.78, 5) is 14.4. The normalized spacial score (nSPS) is 20.3. The number of hydrogen-bond donors (Lipinski definition) is 4. The molecule has 7 heteroatoms. The number of likely N-dealkylation sites (N-methyl/N-ethyl adjacent to an activating group) is 1. The highest BCUT2D eigenvalue weighted by molar-refractivity contribution is 5.51. The molecule has 0 radical (unpaired) electrons. The smallest absolute Gasteiger partial charge is 0.133 e. The Hall–Kier alpha value is -0.570. The van der Waals surface area contributed by atoms with E-state index in [0.29, 0.717) is 32.5 Å². The fourth-order valence-corrected chi connectivity index (χ4v) is 2.19. The van der Waals surface area contributed by atoms with Crippen molar-refractivity contribution in [3.63, 3.8) is 0 Å². The van der Waals surface area contributed by atoms with Crippen molar-refractivity contribution in [1.29, 1.82) is 0 Å². The van der Waals surface area contributed by atoms with Gasteiger partial charge in [0.1, 0.15) is 6.29 Å². The molecule has 0 spiro atoms. The summed E-state index contributed by atoms with van der Waals surface area (Å²) in [6.07, 6.45) is 1.97. The molecule has 2 saturated heterocycles. The van der Waals surface area contributed by atoms with Crippen LogP contribution in [0.3, 0.4) is 0 Å². The van der Waals surface area contributed by atoms with Crippen LogP contribution in [-0.2, 0) is 4.79 Å². The number of aliphatic hydroxyl groups is 3. The van der Waals surface area contributed by atoms with E-state index in [0.717, 1.165) is 19.4 Å². The largest absolute Gasteiger partial charge is 0.393 e. The monoisotopic (exact) mass is 377 g/mol. The van der Waals surface area contributed by atoms with Crippen molar-refractivity contribution in [1.82, 2.24) is 15.1 Å². The first-order valence-electron chi connectivity index (χ1n) is 9.70. The molecule has 7 nitrogen and oxygen atoms in total. The quantitative estimate of drug-likeness (QED) is 0.526. The maximum atomic E-state index is 10.2. The van der Waals surface area contributed by atoms with Crippen molar-refractivity contribution in [2.45, 2.75) is 58.7 Å². The van der Waals surface area contributed by atoms with Gasteiger partial charge in [0, 0.05) is 39.3 Å². The zero-order chi connectivity index (χ0) is 20.6. The summed E-state index contributed by atoms with van der Waals surface area (Å²) in [6, 6.07) is 0. The van der Waals surface area contributed by atoms with Crippen molar-refractivity contribution in [3.05, 3.63) is 0 Å². The third kappa shape index (κ3) is 18.2. The summed E-state index contributed by atoms with van der Waals surface area (Å²) in [7, 11) is 2.15. The molecule has 158 valence electrons. The van der Waals surface area contributed by atoms with E-state index >= 15 is 0 Å². The van der Waals surface area contributed by atoms with E-state index in [9.17, 15) is 9.90 Å². The zero-order valence-electron chi connectivity index (χ0n) is 17.8. The first-order chi connectivity index (χ1) is 12.1. The van der Waals surface area contributed by atoms with Crippen molar-refractivity contribution >= 4 is 6.29 Å². The van der Waals surface area contributed by atoms with E-state index in [1.165, 1.54) is 13.1 Å². The average Bonchev–Trinajstić information content (AvgIpc) is 2.59. The predicted molar refractivity (Wildman–Crippen MR) is 107 cm³/mol. The second kappa shape index (κ2) is 15.5. The third-order valence-electron chi connectivity index (χ3n) is 3.75. The van der Waals surface area contributed by atoms with Crippen molar-refractivity contribution in [2.75, 3.05) is 59.5 Å². The van der Waals surface area contributed by atoms with E-state index in [2.05, 4.69) is 17.3 Å². The molecule has 0 aromatic heterocycles. The minimum Gasteiger partial charge on any atom is -0.393 e. The number of rotatable bonds is 3. The molecule has 0 unspecified atom stereocenters. The lowest BCUT2D eigenvalue weighted by molar-refractivity contribution is -0.110. The number of piperidine rings is 1. The molecule has 26 heavy (non-hydrogen) atoms. The van der Waals surface area contributed by atoms with Gasteiger partial charge in [0.15, 0.2) is 0 Å². The molecule has 2 heterocycles. The van der Waals surface area contributed by atoms with Crippen LogP contribution >= 0.6 is 0 Å². The molecule has 4 N–H and O–H groups in total. The number of nitrogens with zero attached hydrogens (tertiary/aromatic N) is 2. The van der Waals surface area contributed by atoms with E-state index in [4.69, 9.17) is 10.2 Å². The first kappa shape index (κ1) is 27.6. The molecule has 0 atom stereocenters. The number of hydrogen-bond acceptors (Lipinski definition) is 7. The van der Waals surface area contributed by atoms with Gasteiger partial charge in [-0.1, -0.05) is 13.8 Å². The van der Waals surface area contributed by atoms with Crippen LogP contribution in [0.2, 0.25) is 0 Å². The molecule has 0 amide bonds. The Morgan fingerprint density at radius 2 is 1.50 bits per heavy atom. The number of aliphatic hydroxyl groups excluding tert-OH is 1. The van der Waals surface area contributed by atoms with Crippen LogP contribution in [0.4, 0.5) is 0 Å². The molecule has 2 aliphatic rings. The topological polar surface area (TPSA) is 96.3 Å². The van der Waals surface area contributed by atoms with E-state index in [-0.39, 0.29) is 6.61 Å². The van der Waals surface area contributed by atoms with Crippen LogP contribution in [0.25, 0.3) is 0 Å². The van der Waals surface area contributed by atoms with Crippen molar-refractivity contribution in [3.8, 4) is 0 Å². The highest BCUT2D eigenvalue weighted by Gasteiger charge is 2.30. The lowest BCUT2D eigenvalue weighted by atomic mass is 9.92. The summed E-state index contributed by atoms with van der Waals surface area (Å²) < 4.78 is 0. The van der Waals surface area contributed by atoms with Crippen LogP contribution in [-0.4, -0.2) is 102 Å². The van der Waals surface area contributed by atoms with Crippen molar-refractivity contribution in [2.24, 2.45) is 0 Å². The van der Waals surface area contributed by atoms with Gasteiger partial charge in [0.05, 0.1) is 24.4 Å². The summed E-state index contributed by atoms with van der Waals surface area (Å²) >= 11 is 0. The SMILES string of the molecule is CC.CC(C)(C)O.CN1CCNCC1.O=CCN1CCC(O)(CO)CC1. The van der Waals surface area contributed by atoms with E-state index in [1.54, 1.807) is 20.8 Å². The number of piperazine rings is 1. The third-order valence-corrected chi connectivity index (χ3v) is 3.75. The standard InChI is InChI=1S/C8H15NO3.C5H12N2.C4H10O.C2H6/c10-6-5-9-3-1-8(12,7-11)2-4-9;1-7-4-2-6-3-5-7;1-4(2,3)5;1-2/h6,11-12H,1-5,7H2;6H,2-5H2,1H3;5H,1-3H3;1-2H3. The molecule has 2 fully saturated rings. The van der Waals surface area contributed by atoms with Crippen LogP contribution < -0.4 is 5.32 Å². The highest BCUT2D eigenvalue weighted by atomic mass is 16.3. The van der Waals surface area contributed by atoms with E-state index < -0.39 is 11.2 Å². The average molecular weight is 378 g/mol. The second-order valence-corrected chi connectivity index (χ2v) is 7.57. The first-order valence-corrected chi connectivity index (χ1v) is 9.70. The molecule has 0 aromatic carbocycles. The fraction of sp³-hybridized carbons (Fsp3) is 0.947. The van der Waals surface area contributed by atoms with Crippen molar-refractivity contribution < 1.29 is 20.1 Å². The fourth-order valence-electron chi connectivity index (χ4n) is 2.19. The van der Waals surface area contributed by atoms with Crippen LogP contribution in [0.1, 0.15) is 47.5 Å². The molecule has 0 saturated carbocycles. The van der Waals surface area contributed by atoms with Gasteiger partial charge < -0.3 is 30.3 Å². The second-order valence-electron chi connectivity index (χ2n) is 7.57. The summed E-state index contributed by atoms with van der Waals surface area (Å²) in [6.45, 7) is 15.6. The molecule has 0 bridgehead atoms. The van der Waals surface area contributed by atoms with Gasteiger partial charge in [-0.3, -0.25) is 4.90 Å². The van der Waals surface area contributed by atoms with Gasteiger partial charge in [-0.2, -0.15) is 0 Å². The Kier molecular flexibility index (Phi) is 16.5. The molecular formula is C19H43N3O4. The van der Waals surface area contributed by atoms with Gasteiger partial charge in [-0.05, 0) is 40.7 Å². The van der Waals surface area contributed by atoms with Gasteiger partial charge in [0.25, 0.3) is 0 Å². The number of carbonyl (C=O) groups is 1. The van der Waals surface area contributed by atoms with Gasteiger partial charge in [-0.25, -0.2) is 0 Å². The number of carbonyl (C=O) groups excluding carboxylic acids is 1. The Bertz CT molecular complexity index is 315. The van der Waals surface area contributed by atoms with Crippen LogP contribution in [0.5, 0.6) is 0 Å². The minimum atomic E-state index is -0.903. The maximum Gasteiger partial charge on any atom is 0.133 e. The Morgan fingerprint density at radius 1 is 1.08 bits per heavy atom. The molecule has 2 aliphatic heterocycles. The zero-order valence-corrected chi connectivity index (χ0v) is 17.8. The number of likely N-dealkylation sites (tertiary alicyclic amines) is 1. The molecule has 2 rings (SSSR count). The highest BCUT2D eigenvalue weighted by Crippen LogP contribution is 2.20. The lowest BCUT2D eigenvalue weighted by Gasteiger charge is -2.35. The Morgan fingerprint density at radius 3 is 1.77 bits per heavy atom. The van der Waals surface area contributed by atoms with E-state index in [1.807, 2.05) is 18.7 Å². The number of nitrogens with one attached hydrogen (secondary N) is 1. The van der Waals surface area contributed by atoms with Crippen LogP contribution in [0, 0.1) is 0 Å². The Labute approximate surface area is 160 Å². The summed E-state index contributed by atoms with van der Waals surface area (Å²) in [5.74, 6) is 0. The minimum absolute atomic E-state index is 0.179. The summed E-state index contributed by atoms with van der Waals surface area (Å²) in [5.41, 5.74) is -1.40. The van der Waals surface area contributed by atoms with Gasteiger partial charge >= 0.3 is 0 Å². The molecular weight excluding hydrogens is 334 g/mol. The number of aldehydes is 1. The maximum absolute atomic E-state index is 10.2.